The molecule has 2 aromatic rings. The molecule has 1 aliphatic carbocycles. The summed E-state index contributed by atoms with van der Waals surface area (Å²) in [4.78, 5) is 26.4. The number of benzene rings is 2. The summed E-state index contributed by atoms with van der Waals surface area (Å²) >= 11 is 3.53. The van der Waals surface area contributed by atoms with Gasteiger partial charge in [-0.15, -0.1) is 0 Å². The number of carbonyl (C=O) groups excluding carboxylic acids is 2. The van der Waals surface area contributed by atoms with Crippen molar-refractivity contribution in [2.24, 2.45) is 0 Å². The maximum Gasteiger partial charge on any atom is 0.336 e. The number of carbonyl (C=O) groups is 2. The van der Waals surface area contributed by atoms with Crippen molar-refractivity contribution in [3.05, 3.63) is 80.6 Å². The van der Waals surface area contributed by atoms with Gasteiger partial charge in [0.2, 0.25) is 0 Å². The predicted octanol–water partition coefficient (Wildman–Crippen LogP) is 5.00. The van der Waals surface area contributed by atoms with Crippen molar-refractivity contribution in [3.8, 4) is 11.5 Å². The fourth-order valence-electron chi connectivity index (χ4n) is 4.73. The summed E-state index contributed by atoms with van der Waals surface area (Å²) < 4.78 is 16.5. The number of dihydropyridines is 1. The standard InChI is InChI=1S/C26H26BrNO5/c1-14-23(26(30)33-4)24(16-7-10-22(32-3)19(27)11-16)25-20(28-14)12-17(13-21(25)29)15-5-8-18(31-2)9-6-15/h5-11,17,24,28H,12-13H2,1-4H3/t17-,24-/m1/s1. The molecule has 33 heavy (non-hydrogen) atoms. The first kappa shape index (κ1) is 23.1. The van der Waals surface area contributed by atoms with Gasteiger partial charge in [-0.05, 0) is 70.6 Å². The van der Waals surface area contributed by atoms with E-state index in [0.717, 1.165) is 27.0 Å². The molecule has 0 aromatic heterocycles. The average Bonchev–Trinajstić information content (AvgIpc) is 2.82. The Balaban J connectivity index is 1.79. The zero-order chi connectivity index (χ0) is 23.7. The molecule has 0 bridgehead atoms. The lowest BCUT2D eigenvalue weighted by Crippen LogP contribution is -2.36. The number of methoxy groups -OCH3 is 3. The van der Waals surface area contributed by atoms with Crippen LogP contribution < -0.4 is 14.8 Å². The summed E-state index contributed by atoms with van der Waals surface area (Å²) in [5.74, 6) is 0.564. The van der Waals surface area contributed by atoms with Crippen LogP contribution in [0.25, 0.3) is 0 Å². The molecule has 4 rings (SSSR count). The van der Waals surface area contributed by atoms with E-state index in [4.69, 9.17) is 14.2 Å². The summed E-state index contributed by atoms with van der Waals surface area (Å²) in [6.45, 7) is 1.85. The minimum absolute atomic E-state index is 0.0235. The molecule has 7 heteroatoms. The van der Waals surface area contributed by atoms with E-state index in [9.17, 15) is 9.59 Å². The summed E-state index contributed by atoms with van der Waals surface area (Å²) in [5, 5.41) is 3.35. The number of Topliss-reactive ketones (excluding diaryl/α,β-unsaturated/α-hetero) is 1. The van der Waals surface area contributed by atoms with E-state index < -0.39 is 11.9 Å². The molecule has 2 atom stereocenters. The fourth-order valence-corrected chi connectivity index (χ4v) is 5.29. The van der Waals surface area contributed by atoms with Crippen molar-refractivity contribution < 1.29 is 23.8 Å². The van der Waals surface area contributed by atoms with Gasteiger partial charge in [0, 0.05) is 29.3 Å². The van der Waals surface area contributed by atoms with Crippen molar-refractivity contribution in [2.75, 3.05) is 21.3 Å². The van der Waals surface area contributed by atoms with Gasteiger partial charge < -0.3 is 19.5 Å². The topological polar surface area (TPSA) is 73.9 Å². The van der Waals surface area contributed by atoms with Gasteiger partial charge in [-0.2, -0.15) is 0 Å². The van der Waals surface area contributed by atoms with Crippen molar-refractivity contribution in [1.82, 2.24) is 5.32 Å². The number of halogens is 1. The number of hydrogen-bond acceptors (Lipinski definition) is 6. The smallest absolute Gasteiger partial charge is 0.336 e. The van der Waals surface area contributed by atoms with E-state index in [0.29, 0.717) is 35.4 Å². The molecule has 1 heterocycles. The van der Waals surface area contributed by atoms with Crippen molar-refractivity contribution in [3.63, 3.8) is 0 Å². The van der Waals surface area contributed by atoms with Gasteiger partial charge in [0.05, 0.1) is 31.4 Å². The van der Waals surface area contributed by atoms with E-state index >= 15 is 0 Å². The summed E-state index contributed by atoms with van der Waals surface area (Å²) in [7, 11) is 4.59. The average molecular weight is 512 g/mol. The third kappa shape index (κ3) is 4.29. The zero-order valence-corrected chi connectivity index (χ0v) is 20.6. The van der Waals surface area contributed by atoms with Crippen LogP contribution in [0.15, 0.2) is 69.5 Å². The van der Waals surface area contributed by atoms with Gasteiger partial charge in [0.25, 0.3) is 0 Å². The molecule has 0 spiro atoms. The Morgan fingerprint density at radius 2 is 1.70 bits per heavy atom. The SMILES string of the molecule is COC(=O)C1=C(C)NC2=C(C(=O)C[C@H](c3ccc(OC)cc3)C2)[C@@H]1c1ccc(OC)c(Br)c1. The molecule has 0 saturated carbocycles. The van der Waals surface area contributed by atoms with Crippen LogP contribution >= 0.6 is 15.9 Å². The Kier molecular flexibility index (Phi) is 6.61. The monoisotopic (exact) mass is 511 g/mol. The molecular formula is C26H26BrNO5. The molecule has 2 aliphatic rings. The number of allylic oxidation sites excluding steroid dienone is 3. The second kappa shape index (κ2) is 9.43. The highest BCUT2D eigenvalue weighted by molar-refractivity contribution is 9.10. The molecule has 0 fully saturated rings. The molecule has 0 unspecified atom stereocenters. The highest BCUT2D eigenvalue weighted by Gasteiger charge is 2.41. The third-order valence-corrected chi connectivity index (χ3v) is 6.95. The van der Waals surface area contributed by atoms with Crippen molar-refractivity contribution >= 4 is 27.7 Å². The molecular weight excluding hydrogens is 486 g/mol. The van der Waals surface area contributed by atoms with Gasteiger partial charge in [0.15, 0.2) is 5.78 Å². The highest BCUT2D eigenvalue weighted by Crippen LogP contribution is 2.46. The van der Waals surface area contributed by atoms with Crippen LogP contribution in [0.4, 0.5) is 0 Å². The van der Waals surface area contributed by atoms with Crippen LogP contribution in [0, 0.1) is 0 Å². The van der Waals surface area contributed by atoms with Crippen LogP contribution in [0.2, 0.25) is 0 Å². The zero-order valence-electron chi connectivity index (χ0n) is 19.0. The first-order valence-corrected chi connectivity index (χ1v) is 11.5. The van der Waals surface area contributed by atoms with E-state index in [2.05, 4.69) is 21.2 Å². The number of esters is 1. The molecule has 0 amide bonds. The number of ketones is 1. The Hall–Kier alpha value is -3.06. The normalized spacial score (nSPS) is 20.2. The van der Waals surface area contributed by atoms with Crippen LogP contribution in [0.1, 0.15) is 42.7 Å². The van der Waals surface area contributed by atoms with Crippen molar-refractivity contribution in [2.45, 2.75) is 31.6 Å². The fraction of sp³-hybridized carbons (Fsp3) is 0.308. The lowest BCUT2D eigenvalue weighted by Gasteiger charge is -2.36. The van der Waals surface area contributed by atoms with Crippen LogP contribution in [-0.2, 0) is 14.3 Å². The summed E-state index contributed by atoms with van der Waals surface area (Å²) in [6, 6.07) is 13.5. The first-order chi connectivity index (χ1) is 15.9. The second-order valence-electron chi connectivity index (χ2n) is 8.18. The number of ether oxygens (including phenoxy) is 3. The lowest BCUT2D eigenvalue weighted by atomic mass is 9.71. The molecule has 2 aromatic carbocycles. The van der Waals surface area contributed by atoms with E-state index in [1.807, 2.05) is 49.4 Å². The minimum Gasteiger partial charge on any atom is -0.497 e. The number of hydrogen-bond donors (Lipinski definition) is 1. The quantitative estimate of drug-likeness (QED) is 0.569. The Morgan fingerprint density at radius 3 is 2.30 bits per heavy atom. The summed E-state index contributed by atoms with van der Waals surface area (Å²) in [5.41, 5.74) is 4.54. The lowest BCUT2D eigenvalue weighted by molar-refractivity contribution is -0.136. The van der Waals surface area contributed by atoms with Gasteiger partial charge in [-0.3, -0.25) is 4.79 Å². The van der Waals surface area contributed by atoms with Gasteiger partial charge >= 0.3 is 5.97 Å². The van der Waals surface area contributed by atoms with Gasteiger partial charge in [0.1, 0.15) is 11.5 Å². The molecule has 172 valence electrons. The minimum atomic E-state index is -0.514. The van der Waals surface area contributed by atoms with E-state index in [1.54, 1.807) is 14.2 Å². The number of nitrogens with one attached hydrogen (secondary N) is 1. The van der Waals surface area contributed by atoms with Gasteiger partial charge in [-0.1, -0.05) is 18.2 Å². The predicted molar refractivity (Wildman–Crippen MR) is 128 cm³/mol. The largest absolute Gasteiger partial charge is 0.497 e. The second-order valence-corrected chi connectivity index (χ2v) is 9.03. The molecule has 0 radical (unpaired) electrons. The Bertz CT molecular complexity index is 1170. The van der Waals surface area contributed by atoms with Gasteiger partial charge in [-0.25, -0.2) is 4.79 Å². The maximum atomic E-state index is 13.6. The van der Waals surface area contributed by atoms with Crippen molar-refractivity contribution in [1.29, 1.82) is 0 Å². The highest BCUT2D eigenvalue weighted by atomic mass is 79.9. The molecule has 6 nitrogen and oxygen atoms in total. The first-order valence-electron chi connectivity index (χ1n) is 10.7. The Morgan fingerprint density at radius 1 is 1.00 bits per heavy atom. The third-order valence-electron chi connectivity index (χ3n) is 6.33. The van der Waals surface area contributed by atoms with Crippen LogP contribution in [0.5, 0.6) is 11.5 Å². The molecule has 1 N–H and O–H groups in total. The Labute approximate surface area is 201 Å². The molecule has 1 aliphatic heterocycles. The maximum absolute atomic E-state index is 13.6. The van der Waals surface area contributed by atoms with E-state index in [1.165, 1.54) is 7.11 Å². The van der Waals surface area contributed by atoms with E-state index in [-0.39, 0.29) is 11.7 Å². The van der Waals surface area contributed by atoms with Crippen LogP contribution in [-0.4, -0.2) is 33.1 Å². The molecule has 0 saturated heterocycles. The van der Waals surface area contributed by atoms with Crippen LogP contribution in [0.3, 0.4) is 0 Å². The number of rotatable bonds is 5. The summed E-state index contributed by atoms with van der Waals surface area (Å²) in [6.07, 6.45) is 1.04.